The SMILES string of the molecule is CCCCCCCCC(=O)Nc1ccc(Cl)cc1Br. The first-order valence-corrected chi connectivity index (χ1v) is 8.05. The first kappa shape index (κ1) is 16.5. The Balaban J connectivity index is 2.23. The maximum absolute atomic E-state index is 11.8. The van der Waals surface area contributed by atoms with E-state index in [2.05, 4.69) is 28.2 Å². The van der Waals surface area contributed by atoms with E-state index in [1.54, 1.807) is 12.1 Å². The van der Waals surface area contributed by atoms with Gasteiger partial charge in [-0.1, -0.05) is 50.6 Å². The number of rotatable bonds is 8. The fourth-order valence-corrected chi connectivity index (χ4v) is 2.65. The molecule has 0 spiro atoms. The highest BCUT2D eigenvalue weighted by Gasteiger charge is 2.05. The zero-order valence-corrected chi connectivity index (χ0v) is 13.7. The summed E-state index contributed by atoms with van der Waals surface area (Å²) in [5.41, 5.74) is 0.778. The summed E-state index contributed by atoms with van der Waals surface area (Å²) in [7, 11) is 0. The third-order valence-electron chi connectivity index (χ3n) is 2.96. The molecule has 1 aromatic rings. The van der Waals surface area contributed by atoms with E-state index in [9.17, 15) is 4.79 Å². The molecule has 1 rings (SSSR count). The fourth-order valence-electron chi connectivity index (χ4n) is 1.87. The lowest BCUT2D eigenvalue weighted by molar-refractivity contribution is -0.116. The summed E-state index contributed by atoms with van der Waals surface area (Å²) in [6.45, 7) is 2.21. The fraction of sp³-hybridized carbons (Fsp3) is 0.533. The van der Waals surface area contributed by atoms with Crippen LogP contribution in [0.15, 0.2) is 22.7 Å². The highest BCUT2D eigenvalue weighted by molar-refractivity contribution is 9.10. The first-order chi connectivity index (χ1) is 9.13. The molecule has 19 heavy (non-hydrogen) atoms. The van der Waals surface area contributed by atoms with Gasteiger partial charge < -0.3 is 5.32 Å². The van der Waals surface area contributed by atoms with Gasteiger partial charge >= 0.3 is 0 Å². The number of hydrogen-bond acceptors (Lipinski definition) is 1. The molecule has 4 heteroatoms. The summed E-state index contributed by atoms with van der Waals surface area (Å²) in [5.74, 6) is 0.0681. The molecular formula is C15H21BrClNO. The average Bonchev–Trinajstić information content (AvgIpc) is 2.37. The van der Waals surface area contributed by atoms with Crippen LogP contribution in [-0.4, -0.2) is 5.91 Å². The van der Waals surface area contributed by atoms with Crippen molar-refractivity contribution >= 4 is 39.1 Å². The van der Waals surface area contributed by atoms with Crippen molar-refractivity contribution in [3.8, 4) is 0 Å². The van der Waals surface area contributed by atoms with E-state index in [-0.39, 0.29) is 5.91 Å². The normalized spacial score (nSPS) is 10.5. The minimum atomic E-state index is 0.0681. The number of hydrogen-bond donors (Lipinski definition) is 1. The molecule has 0 radical (unpaired) electrons. The van der Waals surface area contributed by atoms with Crippen LogP contribution < -0.4 is 5.32 Å². The van der Waals surface area contributed by atoms with Crippen LogP contribution in [0.1, 0.15) is 51.9 Å². The quantitative estimate of drug-likeness (QED) is 0.593. The Bertz CT molecular complexity index is 409. The Morgan fingerprint density at radius 2 is 1.89 bits per heavy atom. The van der Waals surface area contributed by atoms with Crippen LogP contribution in [0, 0.1) is 0 Å². The van der Waals surface area contributed by atoms with Crippen molar-refractivity contribution < 1.29 is 4.79 Å². The van der Waals surface area contributed by atoms with E-state index < -0.39 is 0 Å². The van der Waals surface area contributed by atoms with Crippen LogP contribution in [0.4, 0.5) is 5.69 Å². The average molecular weight is 347 g/mol. The van der Waals surface area contributed by atoms with E-state index in [1.807, 2.05) is 6.07 Å². The van der Waals surface area contributed by atoms with Crippen LogP contribution in [0.5, 0.6) is 0 Å². The van der Waals surface area contributed by atoms with Gasteiger partial charge in [-0.2, -0.15) is 0 Å². The molecule has 0 atom stereocenters. The van der Waals surface area contributed by atoms with Crippen LogP contribution in [0.3, 0.4) is 0 Å². The minimum Gasteiger partial charge on any atom is -0.325 e. The Morgan fingerprint density at radius 1 is 1.21 bits per heavy atom. The second-order valence-corrected chi connectivity index (χ2v) is 5.98. The number of carbonyl (C=O) groups excluding carboxylic acids is 1. The summed E-state index contributed by atoms with van der Waals surface area (Å²) < 4.78 is 0.816. The Labute approximate surface area is 129 Å². The second kappa shape index (κ2) is 9.38. The summed E-state index contributed by atoms with van der Waals surface area (Å²) in [6.07, 6.45) is 7.73. The molecule has 1 N–H and O–H groups in total. The van der Waals surface area contributed by atoms with Gasteiger partial charge in [0, 0.05) is 15.9 Å². The number of benzene rings is 1. The predicted molar refractivity (Wildman–Crippen MR) is 85.8 cm³/mol. The standard InChI is InChI=1S/C15H21BrClNO/c1-2-3-4-5-6-7-8-15(19)18-14-10-9-12(17)11-13(14)16/h9-11H,2-8H2,1H3,(H,18,19). The van der Waals surface area contributed by atoms with Crippen molar-refractivity contribution in [3.63, 3.8) is 0 Å². The molecule has 0 saturated heterocycles. The van der Waals surface area contributed by atoms with Crippen molar-refractivity contribution in [2.45, 2.75) is 51.9 Å². The smallest absolute Gasteiger partial charge is 0.224 e. The lowest BCUT2D eigenvalue weighted by Crippen LogP contribution is -2.11. The molecular weight excluding hydrogens is 326 g/mol. The number of nitrogens with one attached hydrogen (secondary N) is 1. The number of carbonyl (C=O) groups is 1. The number of anilines is 1. The van der Waals surface area contributed by atoms with Crippen molar-refractivity contribution in [1.29, 1.82) is 0 Å². The lowest BCUT2D eigenvalue weighted by atomic mass is 10.1. The molecule has 0 heterocycles. The van der Waals surface area contributed by atoms with Gasteiger partial charge in [-0.3, -0.25) is 4.79 Å². The van der Waals surface area contributed by atoms with Gasteiger partial charge in [0.25, 0.3) is 0 Å². The Hall–Kier alpha value is -0.540. The van der Waals surface area contributed by atoms with Gasteiger partial charge in [-0.05, 0) is 40.5 Å². The third-order valence-corrected chi connectivity index (χ3v) is 3.85. The largest absolute Gasteiger partial charge is 0.325 e. The molecule has 0 unspecified atom stereocenters. The molecule has 0 saturated carbocycles. The van der Waals surface area contributed by atoms with Crippen LogP contribution in [-0.2, 0) is 4.79 Å². The van der Waals surface area contributed by atoms with Crippen LogP contribution in [0.25, 0.3) is 0 Å². The van der Waals surface area contributed by atoms with Gasteiger partial charge in [0.15, 0.2) is 0 Å². The van der Waals surface area contributed by atoms with E-state index in [1.165, 1.54) is 25.7 Å². The van der Waals surface area contributed by atoms with E-state index >= 15 is 0 Å². The highest BCUT2D eigenvalue weighted by Crippen LogP contribution is 2.26. The molecule has 0 fully saturated rings. The maximum Gasteiger partial charge on any atom is 0.224 e. The van der Waals surface area contributed by atoms with Gasteiger partial charge in [0.05, 0.1) is 5.69 Å². The summed E-state index contributed by atoms with van der Waals surface area (Å²) in [5, 5.41) is 3.55. The van der Waals surface area contributed by atoms with Gasteiger partial charge in [-0.15, -0.1) is 0 Å². The van der Waals surface area contributed by atoms with Gasteiger partial charge in [0.1, 0.15) is 0 Å². The molecule has 0 aliphatic rings. The van der Waals surface area contributed by atoms with Crippen molar-refractivity contribution in [2.75, 3.05) is 5.32 Å². The second-order valence-electron chi connectivity index (χ2n) is 4.69. The molecule has 0 aliphatic heterocycles. The van der Waals surface area contributed by atoms with E-state index in [0.717, 1.165) is 23.0 Å². The number of halogens is 2. The minimum absolute atomic E-state index is 0.0681. The van der Waals surface area contributed by atoms with E-state index in [4.69, 9.17) is 11.6 Å². The zero-order chi connectivity index (χ0) is 14.1. The summed E-state index contributed by atoms with van der Waals surface area (Å²) in [6, 6.07) is 5.36. The monoisotopic (exact) mass is 345 g/mol. The molecule has 0 bridgehead atoms. The van der Waals surface area contributed by atoms with E-state index in [0.29, 0.717) is 11.4 Å². The van der Waals surface area contributed by atoms with Gasteiger partial charge in [0.2, 0.25) is 5.91 Å². The summed E-state index contributed by atoms with van der Waals surface area (Å²) in [4.78, 5) is 11.8. The first-order valence-electron chi connectivity index (χ1n) is 6.88. The van der Waals surface area contributed by atoms with Crippen molar-refractivity contribution in [2.24, 2.45) is 0 Å². The molecule has 106 valence electrons. The topological polar surface area (TPSA) is 29.1 Å². The lowest BCUT2D eigenvalue weighted by Gasteiger charge is -2.07. The molecule has 2 nitrogen and oxygen atoms in total. The number of unbranched alkanes of at least 4 members (excludes halogenated alkanes) is 5. The maximum atomic E-state index is 11.8. The Morgan fingerprint density at radius 3 is 2.58 bits per heavy atom. The van der Waals surface area contributed by atoms with Crippen LogP contribution >= 0.6 is 27.5 Å². The highest BCUT2D eigenvalue weighted by atomic mass is 79.9. The van der Waals surface area contributed by atoms with Crippen molar-refractivity contribution in [1.82, 2.24) is 0 Å². The molecule has 1 amide bonds. The zero-order valence-electron chi connectivity index (χ0n) is 11.3. The predicted octanol–water partition coefficient (Wildman–Crippen LogP) is 5.79. The van der Waals surface area contributed by atoms with Gasteiger partial charge in [-0.25, -0.2) is 0 Å². The third kappa shape index (κ3) is 6.98. The molecule has 1 aromatic carbocycles. The number of amides is 1. The van der Waals surface area contributed by atoms with Crippen molar-refractivity contribution in [3.05, 3.63) is 27.7 Å². The summed E-state index contributed by atoms with van der Waals surface area (Å²) >= 11 is 9.24. The van der Waals surface area contributed by atoms with Crippen LogP contribution in [0.2, 0.25) is 5.02 Å². The Kier molecular flexibility index (Phi) is 8.15. The molecule has 0 aromatic heterocycles. The molecule has 0 aliphatic carbocycles.